The number of hydrogen-bond donors (Lipinski definition) is 1. The van der Waals surface area contributed by atoms with Crippen molar-refractivity contribution in [2.45, 2.75) is 32.1 Å². The molecule has 1 aliphatic carbocycles. The molecule has 0 amide bonds. The van der Waals surface area contributed by atoms with Gasteiger partial charge in [0, 0.05) is 43.3 Å². The zero-order chi connectivity index (χ0) is 13.0. The van der Waals surface area contributed by atoms with E-state index in [1.54, 1.807) is 0 Å². The molecule has 0 bridgehead atoms. The van der Waals surface area contributed by atoms with Gasteiger partial charge in [-0.1, -0.05) is 0 Å². The van der Waals surface area contributed by atoms with Gasteiger partial charge in [0.15, 0.2) is 0 Å². The topological polar surface area (TPSA) is 101 Å². The highest BCUT2D eigenvalue weighted by Crippen LogP contribution is 2.30. The molecule has 2 atom stereocenters. The summed E-state index contributed by atoms with van der Waals surface area (Å²) in [6.07, 6.45) is 4.45. The number of nitrogens with two attached hydrogens (primary N) is 1. The van der Waals surface area contributed by atoms with Crippen molar-refractivity contribution in [1.29, 1.82) is 0 Å². The molecule has 1 aromatic heterocycles. The number of Topliss-reactive ketones (excluding diaryl/α,β-unsaturated/α-hetero) is 1. The SMILES string of the molecule is Cc1nc(C2CCC(=O)C2)cn1C.NS(=O)[O-]. The van der Waals surface area contributed by atoms with Crippen LogP contribution in [0.2, 0.25) is 0 Å². The van der Waals surface area contributed by atoms with Gasteiger partial charge in [-0.25, -0.2) is 4.98 Å². The van der Waals surface area contributed by atoms with Crippen molar-refractivity contribution in [1.82, 2.24) is 9.55 Å². The highest BCUT2D eigenvalue weighted by atomic mass is 32.2. The highest BCUT2D eigenvalue weighted by Gasteiger charge is 2.25. The Balaban J connectivity index is 0.000000317. The summed E-state index contributed by atoms with van der Waals surface area (Å²) in [4.78, 5) is 15.5. The summed E-state index contributed by atoms with van der Waals surface area (Å²) in [6, 6.07) is 0. The van der Waals surface area contributed by atoms with Gasteiger partial charge in [0.1, 0.15) is 11.6 Å². The van der Waals surface area contributed by atoms with Crippen LogP contribution in [0.5, 0.6) is 0 Å². The van der Waals surface area contributed by atoms with Crippen molar-refractivity contribution in [2.24, 2.45) is 12.2 Å². The average Bonchev–Trinajstić information content (AvgIpc) is 2.74. The first-order valence-corrected chi connectivity index (χ1v) is 6.39. The van der Waals surface area contributed by atoms with E-state index in [0.717, 1.165) is 24.4 Å². The van der Waals surface area contributed by atoms with Crippen molar-refractivity contribution in [2.75, 3.05) is 0 Å². The van der Waals surface area contributed by atoms with E-state index in [4.69, 9.17) is 8.76 Å². The number of aryl methyl sites for hydroxylation is 2. The number of imidazole rings is 1. The van der Waals surface area contributed by atoms with Gasteiger partial charge in [-0.2, -0.15) is 0 Å². The van der Waals surface area contributed by atoms with E-state index in [-0.39, 0.29) is 0 Å². The van der Waals surface area contributed by atoms with Gasteiger partial charge < -0.3 is 9.12 Å². The number of carbonyl (C=O) groups is 1. The smallest absolute Gasteiger partial charge is 0.133 e. The van der Waals surface area contributed by atoms with Crippen LogP contribution >= 0.6 is 0 Å². The molecule has 1 aliphatic rings. The normalized spacial score (nSPS) is 20.9. The van der Waals surface area contributed by atoms with Crippen LogP contribution in [0.25, 0.3) is 0 Å². The minimum absolute atomic E-state index is 0.382. The number of ketones is 1. The molecule has 1 fully saturated rings. The first-order valence-electron chi connectivity index (χ1n) is 5.25. The molecule has 0 spiro atoms. The number of carbonyl (C=O) groups excluding carboxylic acids is 1. The number of rotatable bonds is 1. The van der Waals surface area contributed by atoms with Crippen molar-refractivity contribution >= 4 is 17.0 Å². The number of aromatic nitrogens is 2. The second kappa shape index (κ2) is 6.04. The maximum Gasteiger partial charge on any atom is 0.133 e. The fraction of sp³-hybridized carbons (Fsp3) is 0.600. The van der Waals surface area contributed by atoms with Crippen LogP contribution in [0.4, 0.5) is 0 Å². The Morgan fingerprint density at radius 3 is 2.59 bits per heavy atom. The molecule has 17 heavy (non-hydrogen) atoms. The molecular weight excluding hydrogens is 242 g/mol. The monoisotopic (exact) mass is 258 g/mol. The summed E-state index contributed by atoms with van der Waals surface area (Å²) in [7, 11) is 1.99. The first-order chi connectivity index (χ1) is 7.90. The van der Waals surface area contributed by atoms with E-state index < -0.39 is 11.3 Å². The maximum atomic E-state index is 11.1. The zero-order valence-corrected chi connectivity index (χ0v) is 10.7. The molecular formula is C10H16N3O3S-. The lowest BCUT2D eigenvalue weighted by Gasteiger charge is -2.01. The molecule has 6 nitrogen and oxygen atoms in total. The van der Waals surface area contributed by atoms with Crippen LogP contribution in [-0.4, -0.2) is 24.1 Å². The Hall–Kier alpha value is -1.05. The van der Waals surface area contributed by atoms with E-state index >= 15 is 0 Å². The molecule has 96 valence electrons. The largest absolute Gasteiger partial charge is 0.760 e. The molecule has 0 aromatic carbocycles. The van der Waals surface area contributed by atoms with Crippen LogP contribution in [0, 0.1) is 6.92 Å². The van der Waals surface area contributed by atoms with E-state index in [1.165, 1.54) is 0 Å². The van der Waals surface area contributed by atoms with Crippen molar-refractivity contribution in [3.05, 3.63) is 17.7 Å². The second-order valence-corrected chi connectivity index (χ2v) is 4.58. The van der Waals surface area contributed by atoms with Crippen LogP contribution < -0.4 is 5.14 Å². The Morgan fingerprint density at radius 2 is 2.24 bits per heavy atom. The quantitative estimate of drug-likeness (QED) is 0.732. The molecule has 0 aliphatic heterocycles. The lowest BCUT2D eigenvalue weighted by Crippen LogP contribution is -1.97. The molecule has 0 radical (unpaired) electrons. The molecule has 7 heteroatoms. The van der Waals surface area contributed by atoms with Gasteiger partial charge in [-0.05, 0) is 13.3 Å². The molecule has 1 saturated carbocycles. The summed E-state index contributed by atoms with van der Waals surface area (Å²) >= 11 is -2.36. The predicted molar refractivity (Wildman–Crippen MR) is 62.7 cm³/mol. The minimum atomic E-state index is -2.36. The minimum Gasteiger partial charge on any atom is -0.760 e. The summed E-state index contributed by atoms with van der Waals surface area (Å²) in [5.74, 6) is 1.79. The Bertz CT molecular complexity index is 407. The number of nitrogens with zero attached hydrogens (tertiary/aromatic N) is 2. The molecule has 1 heterocycles. The molecule has 0 saturated heterocycles. The van der Waals surface area contributed by atoms with E-state index in [2.05, 4.69) is 10.1 Å². The lowest BCUT2D eigenvalue weighted by molar-refractivity contribution is -0.117. The van der Waals surface area contributed by atoms with Crippen LogP contribution in [0.1, 0.15) is 36.7 Å². The fourth-order valence-corrected chi connectivity index (χ4v) is 1.85. The third kappa shape index (κ3) is 4.37. The van der Waals surface area contributed by atoms with Crippen LogP contribution in [0.15, 0.2) is 6.20 Å². The van der Waals surface area contributed by atoms with Crippen molar-refractivity contribution in [3.63, 3.8) is 0 Å². The highest BCUT2D eigenvalue weighted by molar-refractivity contribution is 7.76. The van der Waals surface area contributed by atoms with Crippen molar-refractivity contribution in [3.8, 4) is 0 Å². The Morgan fingerprint density at radius 1 is 1.65 bits per heavy atom. The van der Waals surface area contributed by atoms with Gasteiger partial charge in [-0.15, -0.1) is 0 Å². The Labute approximate surface area is 103 Å². The third-order valence-corrected chi connectivity index (χ3v) is 2.79. The van der Waals surface area contributed by atoms with E-state index in [1.807, 2.05) is 24.7 Å². The van der Waals surface area contributed by atoms with Crippen molar-refractivity contribution < 1.29 is 13.6 Å². The summed E-state index contributed by atoms with van der Waals surface area (Å²) in [6.45, 7) is 1.99. The Kier molecular flexibility index (Phi) is 4.98. The molecule has 1 aromatic rings. The maximum absolute atomic E-state index is 11.1. The first kappa shape index (κ1) is 14.0. The van der Waals surface area contributed by atoms with Crippen LogP contribution in [-0.2, 0) is 23.1 Å². The predicted octanol–water partition coefficient (Wildman–Crippen LogP) is 0.304. The summed E-state index contributed by atoms with van der Waals surface area (Å²) in [5.41, 5.74) is 1.09. The summed E-state index contributed by atoms with van der Waals surface area (Å²) < 4.78 is 19.6. The third-order valence-electron chi connectivity index (χ3n) is 2.79. The standard InChI is InChI=1S/C10H14N2O.H3NO2S/c1-7-11-10(6-12(7)2)8-3-4-9(13)5-8;1-4(2)3/h6,8H,3-5H2,1-2H3;1H2,(H,2,3)/p-1. The van der Waals surface area contributed by atoms with Crippen LogP contribution in [0.3, 0.4) is 0 Å². The molecule has 2 N–H and O–H groups in total. The second-order valence-electron chi connectivity index (χ2n) is 4.06. The fourth-order valence-electron chi connectivity index (χ4n) is 1.85. The van der Waals surface area contributed by atoms with E-state index in [0.29, 0.717) is 18.1 Å². The molecule has 2 rings (SSSR count). The number of hydrogen-bond acceptors (Lipinski definition) is 4. The zero-order valence-electron chi connectivity index (χ0n) is 9.88. The van der Waals surface area contributed by atoms with Gasteiger partial charge in [0.25, 0.3) is 0 Å². The van der Waals surface area contributed by atoms with Gasteiger partial charge in [-0.3, -0.25) is 14.1 Å². The van der Waals surface area contributed by atoms with Gasteiger partial charge >= 0.3 is 0 Å². The van der Waals surface area contributed by atoms with Gasteiger partial charge in [0.2, 0.25) is 0 Å². The summed E-state index contributed by atoms with van der Waals surface area (Å²) in [5, 5.41) is 4.03. The lowest BCUT2D eigenvalue weighted by atomic mass is 10.1. The van der Waals surface area contributed by atoms with E-state index in [9.17, 15) is 4.79 Å². The average molecular weight is 258 g/mol. The molecule has 2 unspecified atom stereocenters. The van der Waals surface area contributed by atoms with Gasteiger partial charge in [0.05, 0.1) is 5.69 Å².